The molecule has 0 saturated carbocycles. The molecule has 0 aliphatic carbocycles. The SMILES string of the molecule is COc1ccc(OC)c([N+](=O)[O-])c1CC(NC(=O)OC(C)(C)C)C(=O)O. The highest BCUT2D eigenvalue weighted by Crippen LogP contribution is 2.37. The van der Waals surface area contributed by atoms with E-state index in [2.05, 4.69) is 5.32 Å². The van der Waals surface area contributed by atoms with Gasteiger partial charge in [-0.1, -0.05) is 0 Å². The molecule has 1 atom stereocenters. The zero-order chi connectivity index (χ0) is 20.1. The number of nitro groups is 1. The van der Waals surface area contributed by atoms with Crippen molar-refractivity contribution in [2.45, 2.75) is 38.8 Å². The molecular weight excluding hydrogens is 348 g/mol. The van der Waals surface area contributed by atoms with Crippen molar-refractivity contribution in [1.29, 1.82) is 0 Å². The molecule has 0 heterocycles. The molecule has 0 saturated heterocycles. The smallest absolute Gasteiger partial charge is 0.408 e. The number of carboxylic acid groups (broad SMARTS) is 1. The molecule has 0 aromatic heterocycles. The average molecular weight is 370 g/mol. The second kappa shape index (κ2) is 8.37. The van der Waals surface area contributed by atoms with Gasteiger partial charge in [0.1, 0.15) is 17.4 Å². The number of carboxylic acids is 1. The third kappa shape index (κ3) is 5.50. The average Bonchev–Trinajstić information content (AvgIpc) is 2.51. The molecule has 0 radical (unpaired) electrons. The Labute approximate surface area is 150 Å². The number of rotatable bonds is 7. The number of nitrogens with one attached hydrogen (secondary N) is 1. The number of ether oxygens (including phenoxy) is 3. The number of amides is 1. The minimum absolute atomic E-state index is 0.0136. The molecule has 0 fully saturated rings. The Morgan fingerprint density at radius 1 is 1.23 bits per heavy atom. The Hall–Kier alpha value is -3.04. The van der Waals surface area contributed by atoms with Crippen molar-refractivity contribution in [2.24, 2.45) is 0 Å². The van der Waals surface area contributed by atoms with Crippen LogP contribution in [0.25, 0.3) is 0 Å². The lowest BCUT2D eigenvalue weighted by molar-refractivity contribution is -0.386. The van der Waals surface area contributed by atoms with E-state index >= 15 is 0 Å². The zero-order valence-electron chi connectivity index (χ0n) is 15.2. The Morgan fingerprint density at radius 3 is 2.19 bits per heavy atom. The maximum atomic E-state index is 11.9. The van der Waals surface area contributed by atoms with Crippen molar-refractivity contribution < 1.29 is 33.8 Å². The summed E-state index contributed by atoms with van der Waals surface area (Å²) < 4.78 is 15.1. The van der Waals surface area contributed by atoms with Gasteiger partial charge in [-0.25, -0.2) is 9.59 Å². The van der Waals surface area contributed by atoms with Crippen LogP contribution in [0, 0.1) is 10.1 Å². The predicted molar refractivity (Wildman–Crippen MR) is 90.7 cm³/mol. The van der Waals surface area contributed by atoms with Gasteiger partial charge < -0.3 is 24.6 Å². The lowest BCUT2D eigenvalue weighted by Crippen LogP contribution is -2.44. The molecule has 2 N–H and O–H groups in total. The fourth-order valence-corrected chi connectivity index (χ4v) is 2.20. The summed E-state index contributed by atoms with van der Waals surface area (Å²) in [5.41, 5.74) is -1.27. The van der Waals surface area contributed by atoms with Crippen LogP contribution in [-0.2, 0) is 16.0 Å². The van der Waals surface area contributed by atoms with E-state index in [-0.39, 0.29) is 17.1 Å². The number of methoxy groups -OCH3 is 2. The quantitative estimate of drug-likeness (QED) is 0.550. The lowest BCUT2D eigenvalue weighted by atomic mass is 10.0. The summed E-state index contributed by atoms with van der Waals surface area (Å²) in [7, 11) is 2.55. The minimum Gasteiger partial charge on any atom is -0.496 e. The number of benzene rings is 1. The fourth-order valence-electron chi connectivity index (χ4n) is 2.20. The van der Waals surface area contributed by atoms with Crippen LogP contribution in [0.2, 0.25) is 0 Å². The van der Waals surface area contributed by atoms with Crippen LogP contribution >= 0.6 is 0 Å². The van der Waals surface area contributed by atoms with Gasteiger partial charge in [-0.05, 0) is 32.9 Å². The van der Waals surface area contributed by atoms with Gasteiger partial charge >= 0.3 is 17.7 Å². The van der Waals surface area contributed by atoms with Gasteiger partial charge in [0.05, 0.1) is 24.7 Å². The van der Waals surface area contributed by atoms with E-state index in [0.29, 0.717) is 0 Å². The molecular formula is C16H22N2O8. The predicted octanol–water partition coefficient (Wildman–Crippen LogP) is 2.13. The van der Waals surface area contributed by atoms with Crippen molar-refractivity contribution >= 4 is 17.7 Å². The van der Waals surface area contributed by atoms with Gasteiger partial charge in [-0.15, -0.1) is 0 Å². The first-order valence-electron chi connectivity index (χ1n) is 7.60. The van der Waals surface area contributed by atoms with Gasteiger partial charge in [-0.3, -0.25) is 10.1 Å². The van der Waals surface area contributed by atoms with Crippen molar-refractivity contribution in [3.05, 3.63) is 27.8 Å². The molecule has 0 aliphatic heterocycles. The topological polar surface area (TPSA) is 137 Å². The minimum atomic E-state index is -1.47. The molecule has 144 valence electrons. The van der Waals surface area contributed by atoms with Crippen molar-refractivity contribution in [3.8, 4) is 11.5 Å². The van der Waals surface area contributed by atoms with Crippen molar-refractivity contribution in [1.82, 2.24) is 5.32 Å². The molecule has 1 amide bonds. The summed E-state index contributed by atoms with van der Waals surface area (Å²) in [5, 5.41) is 23.0. The highest BCUT2D eigenvalue weighted by molar-refractivity contribution is 5.81. The van der Waals surface area contributed by atoms with E-state index < -0.39 is 40.7 Å². The Morgan fingerprint density at radius 2 is 1.77 bits per heavy atom. The molecule has 10 heteroatoms. The van der Waals surface area contributed by atoms with E-state index in [1.165, 1.54) is 26.4 Å². The fraction of sp³-hybridized carbons (Fsp3) is 0.500. The van der Waals surface area contributed by atoms with Gasteiger partial charge in [0, 0.05) is 6.42 Å². The molecule has 1 aromatic rings. The van der Waals surface area contributed by atoms with Gasteiger partial charge in [-0.2, -0.15) is 0 Å². The number of nitro benzene ring substituents is 1. The van der Waals surface area contributed by atoms with Crippen LogP contribution in [0.4, 0.5) is 10.5 Å². The Bertz CT molecular complexity index is 696. The van der Waals surface area contributed by atoms with E-state index in [4.69, 9.17) is 14.2 Å². The van der Waals surface area contributed by atoms with Gasteiger partial charge in [0.25, 0.3) is 0 Å². The van der Waals surface area contributed by atoms with Gasteiger partial charge in [0.15, 0.2) is 5.75 Å². The van der Waals surface area contributed by atoms with Crippen molar-refractivity contribution in [2.75, 3.05) is 14.2 Å². The third-order valence-electron chi connectivity index (χ3n) is 3.22. The number of aliphatic carboxylic acids is 1. The van der Waals surface area contributed by atoms with Gasteiger partial charge in [0.2, 0.25) is 0 Å². The highest BCUT2D eigenvalue weighted by atomic mass is 16.6. The molecule has 10 nitrogen and oxygen atoms in total. The molecule has 1 rings (SSSR count). The number of carbonyl (C=O) groups is 2. The molecule has 0 bridgehead atoms. The second-order valence-electron chi connectivity index (χ2n) is 6.30. The van der Waals surface area contributed by atoms with Crippen LogP contribution in [0.15, 0.2) is 12.1 Å². The number of carbonyl (C=O) groups excluding carboxylic acids is 1. The van der Waals surface area contributed by atoms with E-state index in [1.807, 2.05) is 0 Å². The maximum absolute atomic E-state index is 11.9. The summed E-state index contributed by atoms with van der Waals surface area (Å²) in [6.45, 7) is 4.87. The third-order valence-corrected chi connectivity index (χ3v) is 3.22. The van der Waals surface area contributed by atoms with Crippen LogP contribution in [0.1, 0.15) is 26.3 Å². The molecule has 0 spiro atoms. The molecule has 26 heavy (non-hydrogen) atoms. The zero-order valence-corrected chi connectivity index (χ0v) is 15.2. The van der Waals surface area contributed by atoms with E-state index in [9.17, 15) is 24.8 Å². The first-order valence-corrected chi connectivity index (χ1v) is 7.60. The molecule has 1 unspecified atom stereocenters. The standard InChI is InChI=1S/C16H22N2O8/c1-16(2,3)26-15(21)17-10(14(19)20)8-9-11(24-4)6-7-12(25-5)13(9)18(22)23/h6-7,10H,8H2,1-5H3,(H,17,21)(H,19,20). The Kier molecular flexibility index (Phi) is 6.76. The van der Waals surface area contributed by atoms with Crippen LogP contribution in [-0.4, -0.2) is 48.0 Å². The normalized spacial score (nSPS) is 12.0. The summed E-state index contributed by atoms with van der Waals surface area (Å²) in [4.78, 5) is 34.2. The van der Waals surface area contributed by atoms with E-state index in [1.54, 1.807) is 20.8 Å². The summed E-state index contributed by atoms with van der Waals surface area (Å²) in [5.74, 6) is -1.32. The summed E-state index contributed by atoms with van der Waals surface area (Å²) in [6.07, 6.45) is -1.35. The first-order chi connectivity index (χ1) is 12.0. The van der Waals surface area contributed by atoms with Crippen LogP contribution < -0.4 is 14.8 Å². The number of nitrogens with zero attached hydrogens (tertiary/aromatic N) is 1. The van der Waals surface area contributed by atoms with Crippen LogP contribution in [0.3, 0.4) is 0 Å². The Balaban J connectivity index is 3.25. The molecule has 1 aromatic carbocycles. The van der Waals surface area contributed by atoms with Crippen molar-refractivity contribution in [3.63, 3.8) is 0 Å². The lowest BCUT2D eigenvalue weighted by Gasteiger charge is -2.22. The maximum Gasteiger partial charge on any atom is 0.408 e. The number of alkyl carbamates (subject to hydrolysis) is 1. The number of hydrogen-bond donors (Lipinski definition) is 2. The molecule has 0 aliphatic rings. The summed E-state index contributed by atoms with van der Waals surface area (Å²) in [6, 6.07) is 1.30. The number of hydrogen-bond acceptors (Lipinski definition) is 7. The first kappa shape index (κ1) is 21.0. The van der Waals surface area contributed by atoms with E-state index in [0.717, 1.165) is 0 Å². The van der Waals surface area contributed by atoms with Crippen LogP contribution in [0.5, 0.6) is 11.5 Å². The second-order valence-corrected chi connectivity index (χ2v) is 6.30. The largest absolute Gasteiger partial charge is 0.496 e. The summed E-state index contributed by atoms with van der Waals surface area (Å²) >= 11 is 0. The monoisotopic (exact) mass is 370 g/mol. The highest BCUT2D eigenvalue weighted by Gasteiger charge is 2.31.